The first-order chi connectivity index (χ1) is 13.7. The van der Waals surface area contributed by atoms with Gasteiger partial charge in [-0.3, -0.25) is 4.79 Å². The number of anilines is 2. The van der Waals surface area contributed by atoms with Crippen molar-refractivity contribution >= 4 is 28.3 Å². The maximum atomic E-state index is 12.4. The van der Waals surface area contributed by atoms with Crippen LogP contribution in [0.25, 0.3) is 10.8 Å². The van der Waals surface area contributed by atoms with Crippen molar-refractivity contribution in [2.24, 2.45) is 0 Å². The van der Waals surface area contributed by atoms with Gasteiger partial charge in [0.05, 0.1) is 0 Å². The molecule has 2 aromatic carbocycles. The fraction of sp³-hybridized carbons (Fsp3) is 0.318. The van der Waals surface area contributed by atoms with Crippen molar-refractivity contribution < 1.29 is 4.79 Å². The molecule has 0 atom stereocenters. The molecule has 28 heavy (non-hydrogen) atoms. The molecule has 2 N–H and O–H groups in total. The molecule has 2 heterocycles. The van der Waals surface area contributed by atoms with E-state index in [-0.39, 0.29) is 5.91 Å². The van der Waals surface area contributed by atoms with E-state index < -0.39 is 0 Å². The number of carbonyl (C=O) groups excluding carboxylic acids is 1. The lowest BCUT2D eigenvalue weighted by Crippen LogP contribution is -2.29. The van der Waals surface area contributed by atoms with Gasteiger partial charge >= 0.3 is 0 Å². The topological polar surface area (TPSA) is 70.2 Å². The monoisotopic (exact) mass is 375 g/mol. The summed E-state index contributed by atoms with van der Waals surface area (Å²) in [6.45, 7) is 5.14. The van der Waals surface area contributed by atoms with E-state index in [0.29, 0.717) is 18.7 Å². The van der Waals surface area contributed by atoms with Gasteiger partial charge in [-0.05, 0) is 42.7 Å². The second kappa shape index (κ2) is 8.25. The van der Waals surface area contributed by atoms with E-state index in [2.05, 4.69) is 25.5 Å². The summed E-state index contributed by atoms with van der Waals surface area (Å²) in [6.07, 6.45) is 2.43. The van der Waals surface area contributed by atoms with Crippen LogP contribution in [0.1, 0.15) is 29.0 Å². The van der Waals surface area contributed by atoms with Crippen LogP contribution in [0.5, 0.6) is 0 Å². The van der Waals surface area contributed by atoms with Crippen molar-refractivity contribution in [2.75, 3.05) is 36.4 Å². The van der Waals surface area contributed by atoms with Crippen molar-refractivity contribution in [3.63, 3.8) is 0 Å². The molecule has 0 aliphatic carbocycles. The Balaban J connectivity index is 1.32. The smallest absolute Gasteiger partial charge is 0.251 e. The maximum Gasteiger partial charge on any atom is 0.251 e. The zero-order chi connectivity index (χ0) is 19.3. The molecule has 144 valence electrons. The van der Waals surface area contributed by atoms with Gasteiger partial charge in [-0.2, -0.15) is 0 Å². The van der Waals surface area contributed by atoms with Gasteiger partial charge in [0, 0.05) is 37.8 Å². The molecule has 0 spiro atoms. The fourth-order valence-corrected chi connectivity index (χ4v) is 3.55. The highest BCUT2D eigenvalue weighted by Gasteiger charge is 2.15. The van der Waals surface area contributed by atoms with Gasteiger partial charge in [-0.1, -0.05) is 30.3 Å². The van der Waals surface area contributed by atoms with E-state index >= 15 is 0 Å². The Hall–Kier alpha value is -3.15. The highest BCUT2D eigenvalue weighted by molar-refractivity contribution is 5.98. The van der Waals surface area contributed by atoms with Gasteiger partial charge in [0.25, 0.3) is 5.91 Å². The average molecular weight is 375 g/mol. The van der Waals surface area contributed by atoms with Crippen molar-refractivity contribution in [3.05, 3.63) is 59.9 Å². The lowest BCUT2D eigenvalue weighted by molar-refractivity contribution is 0.0955. The van der Waals surface area contributed by atoms with Crippen molar-refractivity contribution in [1.29, 1.82) is 0 Å². The molecule has 0 bridgehead atoms. The molecule has 4 rings (SSSR count). The van der Waals surface area contributed by atoms with E-state index in [0.717, 1.165) is 41.3 Å². The second-order valence-electron chi connectivity index (χ2n) is 7.10. The predicted molar refractivity (Wildman–Crippen MR) is 113 cm³/mol. The first kappa shape index (κ1) is 18.2. The molecule has 6 nitrogen and oxygen atoms in total. The van der Waals surface area contributed by atoms with Crippen LogP contribution in [0, 0.1) is 6.92 Å². The summed E-state index contributed by atoms with van der Waals surface area (Å²) >= 11 is 0. The molecule has 6 heteroatoms. The SMILES string of the molecule is Cc1nc(NCCNC(=O)c2ccc3ccccc3c2)cc(N2CCCC2)n1. The minimum Gasteiger partial charge on any atom is -0.368 e. The lowest BCUT2D eigenvalue weighted by atomic mass is 10.1. The zero-order valence-corrected chi connectivity index (χ0v) is 16.1. The summed E-state index contributed by atoms with van der Waals surface area (Å²) in [7, 11) is 0. The van der Waals surface area contributed by atoms with E-state index in [1.807, 2.05) is 55.5 Å². The van der Waals surface area contributed by atoms with Crippen LogP contribution in [-0.4, -0.2) is 42.1 Å². The number of aryl methyl sites for hydroxylation is 1. The molecule has 1 saturated heterocycles. The van der Waals surface area contributed by atoms with Gasteiger partial charge < -0.3 is 15.5 Å². The van der Waals surface area contributed by atoms with Gasteiger partial charge in [-0.25, -0.2) is 9.97 Å². The predicted octanol–water partition coefficient (Wildman–Crippen LogP) is 3.38. The minimum atomic E-state index is -0.0656. The molecule has 0 radical (unpaired) electrons. The third-order valence-electron chi connectivity index (χ3n) is 4.98. The van der Waals surface area contributed by atoms with Crippen LogP contribution < -0.4 is 15.5 Å². The molecule has 1 amide bonds. The molecule has 1 aliphatic rings. The molecule has 3 aromatic rings. The van der Waals surface area contributed by atoms with E-state index in [1.165, 1.54) is 12.8 Å². The number of carbonyl (C=O) groups is 1. The van der Waals surface area contributed by atoms with Crippen LogP contribution >= 0.6 is 0 Å². The molecule has 1 fully saturated rings. The van der Waals surface area contributed by atoms with Crippen LogP contribution in [0.4, 0.5) is 11.6 Å². The Labute approximate surface area is 165 Å². The summed E-state index contributed by atoms with van der Waals surface area (Å²) in [4.78, 5) is 23.7. The van der Waals surface area contributed by atoms with Gasteiger partial charge in [0.2, 0.25) is 0 Å². The highest BCUT2D eigenvalue weighted by atomic mass is 16.1. The fourth-order valence-electron chi connectivity index (χ4n) is 3.55. The summed E-state index contributed by atoms with van der Waals surface area (Å²) in [5.74, 6) is 2.47. The number of rotatable bonds is 6. The largest absolute Gasteiger partial charge is 0.368 e. The van der Waals surface area contributed by atoms with Crippen LogP contribution in [-0.2, 0) is 0 Å². The molecule has 1 aromatic heterocycles. The third kappa shape index (κ3) is 4.22. The maximum absolute atomic E-state index is 12.4. The Morgan fingerprint density at radius 1 is 1.00 bits per heavy atom. The van der Waals surface area contributed by atoms with E-state index in [1.54, 1.807) is 0 Å². The number of amides is 1. The Kier molecular flexibility index (Phi) is 5.37. The summed E-state index contributed by atoms with van der Waals surface area (Å²) in [5, 5.41) is 8.46. The minimum absolute atomic E-state index is 0.0656. The van der Waals surface area contributed by atoms with Crippen LogP contribution in [0.2, 0.25) is 0 Å². The number of benzene rings is 2. The van der Waals surface area contributed by atoms with Gasteiger partial charge in [0.1, 0.15) is 17.5 Å². The van der Waals surface area contributed by atoms with E-state index in [4.69, 9.17) is 0 Å². The van der Waals surface area contributed by atoms with Crippen LogP contribution in [0.3, 0.4) is 0 Å². The molecule has 0 saturated carbocycles. The number of nitrogens with one attached hydrogen (secondary N) is 2. The summed E-state index contributed by atoms with van der Waals surface area (Å²) in [6, 6.07) is 15.8. The van der Waals surface area contributed by atoms with Gasteiger partial charge in [-0.15, -0.1) is 0 Å². The zero-order valence-electron chi connectivity index (χ0n) is 16.1. The van der Waals surface area contributed by atoms with Gasteiger partial charge in [0.15, 0.2) is 0 Å². The standard InChI is InChI=1S/C22H25N5O/c1-16-25-20(15-21(26-16)27-12-4-5-13-27)23-10-11-24-22(28)19-9-8-17-6-2-3-7-18(17)14-19/h2-3,6-9,14-15H,4-5,10-13H2,1H3,(H,24,28)(H,23,25,26). The van der Waals surface area contributed by atoms with Crippen molar-refractivity contribution in [2.45, 2.75) is 19.8 Å². The number of aromatic nitrogens is 2. The number of nitrogens with zero attached hydrogens (tertiary/aromatic N) is 3. The normalized spacial score (nSPS) is 13.7. The Bertz CT molecular complexity index is 982. The quantitative estimate of drug-likeness (QED) is 0.647. The van der Waals surface area contributed by atoms with Crippen molar-refractivity contribution in [1.82, 2.24) is 15.3 Å². The molecular weight excluding hydrogens is 350 g/mol. The van der Waals surface area contributed by atoms with E-state index in [9.17, 15) is 4.79 Å². The molecule has 1 aliphatic heterocycles. The average Bonchev–Trinajstić information content (AvgIpc) is 3.25. The highest BCUT2D eigenvalue weighted by Crippen LogP contribution is 2.20. The first-order valence-corrected chi connectivity index (χ1v) is 9.80. The lowest BCUT2D eigenvalue weighted by Gasteiger charge is -2.17. The summed E-state index contributed by atoms with van der Waals surface area (Å²) in [5.41, 5.74) is 0.674. The Morgan fingerprint density at radius 2 is 1.79 bits per heavy atom. The number of hydrogen-bond acceptors (Lipinski definition) is 5. The molecule has 0 unspecified atom stereocenters. The Morgan fingerprint density at radius 3 is 2.61 bits per heavy atom. The number of fused-ring (bicyclic) bond motifs is 1. The third-order valence-corrected chi connectivity index (χ3v) is 4.98. The van der Waals surface area contributed by atoms with Crippen molar-refractivity contribution in [3.8, 4) is 0 Å². The van der Waals surface area contributed by atoms with Crippen LogP contribution in [0.15, 0.2) is 48.5 Å². The summed E-state index contributed by atoms with van der Waals surface area (Å²) < 4.78 is 0. The second-order valence-corrected chi connectivity index (χ2v) is 7.10. The molecular formula is C22H25N5O. The first-order valence-electron chi connectivity index (χ1n) is 9.80. The number of hydrogen-bond donors (Lipinski definition) is 2.